The largest absolute Gasteiger partial charge is 0.493 e. The highest BCUT2D eigenvalue weighted by Crippen LogP contribution is 2.38. The van der Waals surface area contributed by atoms with Crippen LogP contribution in [0.25, 0.3) is 10.9 Å². The molecule has 1 aromatic heterocycles. The molecule has 0 aliphatic heterocycles. The molecule has 156 valence electrons. The quantitative estimate of drug-likeness (QED) is 0.346. The van der Waals surface area contributed by atoms with Crippen molar-refractivity contribution >= 4 is 28.7 Å². The first kappa shape index (κ1) is 20.8. The molecule has 0 saturated carbocycles. The predicted molar refractivity (Wildman–Crippen MR) is 113 cm³/mol. The number of methoxy groups -OCH3 is 1. The molecule has 0 unspecified atom stereocenters. The number of benzene rings is 2. The average Bonchev–Trinajstić information content (AvgIpc) is 3.08. The normalized spacial score (nSPS) is 11.0. The van der Waals surface area contributed by atoms with Crippen LogP contribution in [0.1, 0.15) is 29.4 Å². The van der Waals surface area contributed by atoms with Gasteiger partial charge >= 0.3 is 5.69 Å². The summed E-state index contributed by atoms with van der Waals surface area (Å²) in [7, 11) is 3.20. The Hall–Kier alpha value is -3.88. The van der Waals surface area contributed by atoms with E-state index in [1.807, 2.05) is 31.2 Å². The molecule has 0 aliphatic carbocycles. The lowest BCUT2D eigenvalue weighted by Crippen LogP contribution is -2.20. The highest BCUT2D eigenvalue weighted by atomic mass is 16.6. The number of rotatable bonds is 8. The zero-order chi connectivity index (χ0) is 21.7. The number of aryl methyl sites for hydroxylation is 1. The summed E-state index contributed by atoms with van der Waals surface area (Å²) in [5, 5.41) is 16.3. The van der Waals surface area contributed by atoms with E-state index in [2.05, 4.69) is 10.5 Å². The summed E-state index contributed by atoms with van der Waals surface area (Å²) < 4.78 is 12.5. The van der Waals surface area contributed by atoms with Gasteiger partial charge in [-0.05, 0) is 24.6 Å². The van der Waals surface area contributed by atoms with Crippen LogP contribution in [0.5, 0.6) is 11.5 Å². The van der Waals surface area contributed by atoms with Crippen molar-refractivity contribution in [3.63, 3.8) is 0 Å². The molecule has 9 nitrogen and oxygen atoms in total. The molecule has 1 amide bonds. The van der Waals surface area contributed by atoms with Crippen molar-refractivity contribution in [2.24, 2.45) is 12.1 Å². The summed E-state index contributed by atoms with van der Waals surface area (Å²) in [5.41, 5.74) is 3.98. The van der Waals surface area contributed by atoms with Gasteiger partial charge in [-0.1, -0.05) is 25.1 Å². The number of amides is 1. The van der Waals surface area contributed by atoms with Crippen molar-refractivity contribution in [3.8, 4) is 11.5 Å². The van der Waals surface area contributed by atoms with E-state index in [9.17, 15) is 14.9 Å². The van der Waals surface area contributed by atoms with Crippen LogP contribution < -0.4 is 14.9 Å². The minimum Gasteiger partial charge on any atom is -0.493 e. The van der Waals surface area contributed by atoms with Gasteiger partial charge in [-0.25, -0.2) is 5.43 Å². The van der Waals surface area contributed by atoms with Gasteiger partial charge in [-0.2, -0.15) is 5.10 Å². The topological polar surface area (TPSA) is 108 Å². The number of hydrazone groups is 1. The van der Waals surface area contributed by atoms with E-state index in [1.54, 1.807) is 23.7 Å². The van der Waals surface area contributed by atoms with Gasteiger partial charge in [0.05, 0.1) is 24.9 Å². The summed E-state index contributed by atoms with van der Waals surface area (Å²) in [6.45, 7) is 2.23. The van der Waals surface area contributed by atoms with E-state index in [0.717, 1.165) is 10.9 Å². The molecule has 0 bridgehead atoms. The van der Waals surface area contributed by atoms with Crippen LogP contribution in [-0.2, 0) is 7.05 Å². The van der Waals surface area contributed by atoms with E-state index in [0.29, 0.717) is 24.3 Å². The van der Waals surface area contributed by atoms with Gasteiger partial charge < -0.3 is 14.0 Å². The van der Waals surface area contributed by atoms with Gasteiger partial charge in [0.1, 0.15) is 5.69 Å². The van der Waals surface area contributed by atoms with E-state index < -0.39 is 10.8 Å². The number of para-hydroxylation sites is 1. The van der Waals surface area contributed by atoms with Crippen molar-refractivity contribution in [3.05, 3.63) is 63.8 Å². The molecule has 0 fully saturated rings. The number of fused-ring (bicyclic) bond motifs is 1. The SMILES string of the molecule is CCCOc1c(OC)cc(/C=N/NC(=O)c2cc3ccccc3n2C)cc1[N+](=O)[O-]. The van der Waals surface area contributed by atoms with Crippen molar-refractivity contribution in [1.82, 2.24) is 9.99 Å². The molecule has 1 heterocycles. The van der Waals surface area contributed by atoms with Crippen LogP contribution in [0.3, 0.4) is 0 Å². The molecule has 3 aromatic rings. The third-order valence-electron chi connectivity index (χ3n) is 4.49. The van der Waals surface area contributed by atoms with Crippen LogP contribution in [0.15, 0.2) is 47.6 Å². The summed E-state index contributed by atoms with van der Waals surface area (Å²) in [6.07, 6.45) is 2.02. The number of carbonyl (C=O) groups is 1. The summed E-state index contributed by atoms with van der Waals surface area (Å²) in [6, 6.07) is 12.3. The van der Waals surface area contributed by atoms with Gasteiger partial charge in [0.25, 0.3) is 5.91 Å². The minimum absolute atomic E-state index is 0.0704. The first-order valence-electron chi connectivity index (χ1n) is 9.33. The van der Waals surface area contributed by atoms with Crippen LogP contribution in [-0.4, -0.2) is 35.3 Å². The lowest BCUT2D eigenvalue weighted by atomic mass is 10.2. The minimum atomic E-state index is -0.543. The van der Waals surface area contributed by atoms with Crippen molar-refractivity contribution in [1.29, 1.82) is 0 Å². The molecule has 1 N–H and O–H groups in total. The molecular weight excluding hydrogens is 388 g/mol. The standard InChI is InChI=1S/C21H22N4O5/c1-4-9-30-20-17(25(27)28)10-14(11-19(20)29-3)13-22-23-21(26)18-12-15-7-5-6-8-16(15)24(18)2/h5-8,10-13H,4,9H2,1-3H3,(H,23,26)/b22-13+. The Balaban J connectivity index is 1.82. The van der Waals surface area contributed by atoms with Gasteiger partial charge in [0.15, 0.2) is 5.75 Å². The third kappa shape index (κ3) is 4.24. The Bertz CT molecular complexity index is 1120. The van der Waals surface area contributed by atoms with E-state index in [4.69, 9.17) is 9.47 Å². The number of carbonyl (C=O) groups excluding carboxylic acids is 1. The van der Waals surface area contributed by atoms with Gasteiger partial charge in [-0.15, -0.1) is 0 Å². The maximum absolute atomic E-state index is 12.5. The lowest BCUT2D eigenvalue weighted by Gasteiger charge is -2.11. The summed E-state index contributed by atoms with van der Waals surface area (Å²) in [4.78, 5) is 23.4. The molecule has 9 heteroatoms. The molecular formula is C21H22N4O5. The summed E-state index contributed by atoms with van der Waals surface area (Å²) >= 11 is 0. The first-order chi connectivity index (χ1) is 14.5. The van der Waals surface area contributed by atoms with Gasteiger partial charge in [0.2, 0.25) is 5.75 Å². The molecule has 3 rings (SSSR count). The molecule has 0 saturated heterocycles. The van der Waals surface area contributed by atoms with Crippen LogP contribution in [0.2, 0.25) is 0 Å². The Labute approximate surface area is 173 Å². The Morgan fingerprint density at radius 1 is 1.30 bits per heavy atom. The zero-order valence-corrected chi connectivity index (χ0v) is 16.9. The molecule has 2 aromatic carbocycles. The van der Waals surface area contributed by atoms with Crippen LogP contribution in [0, 0.1) is 10.1 Å². The van der Waals surface area contributed by atoms with E-state index >= 15 is 0 Å². The van der Waals surface area contributed by atoms with Gasteiger partial charge in [-0.3, -0.25) is 14.9 Å². The second-order valence-electron chi connectivity index (χ2n) is 6.52. The number of nitrogens with zero attached hydrogens (tertiary/aromatic N) is 3. The monoisotopic (exact) mass is 410 g/mol. The predicted octanol–water partition coefficient (Wildman–Crippen LogP) is 3.65. The third-order valence-corrected chi connectivity index (χ3v) is 4.49. The van der Waals surface area contributed by atoms with Gasteiger partial charge in [0, 0.05) is 29.6 Å². The second kappa shape index (κ2) is 9.08. The fraction of sp³-hybridized carbons (Fsp3) is 0.238. The van der Waals surface area contributed by atoms with E-state index in [1.165, 1.54) is 19.4 Å². The molecule has 0 atom stereocenters. The Morgan fingerprint density at radius 2 is 2.07 bits per heavy atom. The number of nitro groups is 1. The fourth-order valence-electron chi connectivity index (χ4n) is 3.05. The number of nitrogens with one attached hydrogen (secondary N) is 1. The van der Waals surface area contributed by atoms with Crippen molar-refractivity contribution in [2.75, 3.05) is 13.7 Å². The van der Waals surface area contributed by atoms with Crippen LogP contribution in [0.4, 0.5) is 5.69 Å². The average molecular weight is 410 g/mol. The zero-order valence-electron chi connectivity index (χ0n) is 16.9. The highest BCUT2D eigenvalue weighted by molar-refractivity contribution is 5.99. The number of hydrogen-bond acceptors (Lipinski definition) is 6. The lowest BCUT2D eigenvalue weighted by molar-refractivity contribution is -0.386. The number of hydrogen-bond donors (Lipinski definition) is 1. The highest BCUT2D eigenvalue weighted by Gasteiger charge is 2.22. The number of ether oxygens (including phenoxy) is 2. The van der Waals surface area contributed by atoms with E-state index in [-0.39, 0.29) is 17.2 Å². The first-order valence-corrected chi connectivity index (χ1v) is 9.33. The molecule has 0 aliphatic rings. The Kier molecular flexibility index (Phi) is 6.31. The molecule has 30 heavy (non-hydrogen) atoms. The molecule has 0 radical (unpaired) electrons. The maximum atomic E-state index is 12.5. The second-order valence-corrected chi connectivity index (χ2v) is 6.52. The maximum Gasteiger partial charge on any atom is 0.315 e. The van der Waals surface area contributed by atoms with Crippen molar-refractivity contribution in [2.45, 2.75) is 13.3 Å². The van der Waals surface area contributed by atoms with Crippen molar-refractivity contribution < 1.29 is 19.2 Å². The number of aromatic nitrogens is 1. The summed E-state index contributed by atoms with van der Waals surface area (Å²) in [5.74, 6) is -0.102. The smallest absolute Gasteiger partial charge is 0.315 e. The molecule has 0 spiro atoms. The number of nitro benzene ring substituents is 1. The fourth-order valence-corrected chi connectivity index (χ4v) is 3.05. The Morgan fingerprint density at radius 3 is 2.73 bits per heavy atom. The van der Waals surface area contributed by atoms with Crippen LogP contribution >= 0.6 is 0 Å².